The van der Waals surface area contributed by atoms with E-state index in [1.54, 1.807) is 0 Å². The first-order valence-corrected chi connectivity index (χ1v) is 5.35. The van der Waals surface area contributed by atoms with Gasteiger partial charge in [-0.1, -0.05) is 20.8 Å². The molecule has 0 aliphatic rings. The summed E-state index contributed by atoms with van der Waals surface area (Å²) in [6.45, 7) is 7.68. The van der Waals surface area contributed by atoms with E-state index in [0.29, 0.717) is 18.3 Å². The number of amides is 1. The zero-order valence-corrected chi connectivity index (χ0v) is 9.91. The minimum Gasteiger partial charge on any atom is -0.480 e. The molecule has 2 unspecified atom stereocenters. The van der Waals surface area contributed by atoms with Crippen LogP contribution in [0.4, 0.5) is 0 Å². The lowest BCUT2D eigenvalue weighted by Gasteiger charge is -2.15. The minimum absolute atomic E-state index is 0.182. The van der Waals surface area contributed by atoms with E-state index in [0.717, 1.165) is 6.42 Å². The molecule has 0 saturated carbocycles. The van der Waals surface area contributed by atoms with Crippen molar-refractivity contribution in [1.29, 1.82) is 0 Å². The van der Waals surface area contributed by atoms with Crippen LogP contribution in [0.5, 0.6) is 0 Å². The summed E-state index contributed by atoms with van der Waals surface area (Å²) in [4.78, 5) is 21.9. The summed E-state index contributed by atoms with van der Waals surface area (Å²) >= 11 is 0. The van der Waals surface area contributed by atoms with Gasteiger partial charge in [-0.15, -0.1) is 0 Å². The average molecular weight is 215 g/mol. The van der Waals surface area contributed by atoms with Crippen LogP contribution in [0.25, 0.3) is 0 Å². The highest BCUT2D eigenvalue weighted by molar-refractivity contribution is 5.83. The average Bonchev–Trinajstić information content (AvgIpc) is 2.00. The van der Waals surface area contributed by atoms with Gasteiger partial charge in [-0.2, -0.15) is 0 Å². The van der Waals surface area contributed by atoms with Crippen LogP contribution in [-0.2, 0) is 9.59 Å². The molecule has 0 fully saturated rings. The summed E-state index contributed by atoms with van der Waals surface area (Å²) in [5, 5.41) is 11.0. The standard InChI is InChI=1S/C11H21NO3/c1-7(2)5-8(3)6-10(13)12-9(4)11(14)15/h7-9H,5-6H2,1-4H3,(H,12,13)(H,14,15). The Hall–Kier alpha value is -1.06. The molecule has 0 saturated heterocycles. The normalized spacial score (nSPS) is 14.7. The second-order valence-corrected chi connectivity index (χ2v) is 4.57. The Morgan fingerprint density at radius 3 is 2.13 bits per heavy atom. The third-order valence-electron chi connectivity index (χ3n) is 2.16. The smallest absolute Gasteiger partial charge is 0.325 e. The molecule has 0 aliphatic carbocycles. The molecule has 2 N–H and O–H groups in total. The lowest BCUT2D eigenvalue weighted by Crippen LogP contribution is -2.38. The SMILES string of the molecule is CC(C)CC(C)CC(=O)NC(C)C(=O)O. The fraction of sp³-hybridized carbons (Fsp3) is 0.818. The number of carbonyl (C=O) groups is 2. The van der Waals surface area contributed by atoms with Crippen molar-refractivity contribution in [2.45, 2.75) is 46.6 Å². The van der Waals surface area contributed by atoms with Crippen molar-refractivity contribution in [2.24, 2.45) is 11.8 Å². The van der Waals surface area contributed by atoms with Gasteiger partial charge >= 0.3 is 5.97 Å². The van der Waals surface area contributed by atoms with E-state index >= 15 is 0 Å². The molecule has 0 spiro atoms. The van der Waals surface area contributed by atoms with Crippen molar-refractivity contribution in [3.05, 3.63) is 0 Å². The highest BCUT2D eigenvalue weighted by Gasteiger charge is 2.16. The van der Waals surface area contributed by atoms with Crippen LogP contribution >= 0.6 is 0 Å². The van der Waals surface area contributed by atoms with Gasteiger partial charge in [-0.25, -0.2) is 0 Å². The first-order chi connectivity index (χ1) is 6.82. The van der Waals surface area contributed by atoms with Gasteiger partial charge in [0.2, 0.25) is 5.91 Å². The highest BCUT2D eigenvalue weighted by atomic mass is 16.4. The number of carbonyl (C=O) groups excluding carboxylic acids is 1. The number of nitrogens with one attached hydrogen (secondary N) is 1. The maximum atomic E-state index is 11.4. The summed E-state index contributed by atoms with van der Waals surface area (Å²) in [6, 6.07) is -0.802. The quantitative estimate of drug-likeness (QED) is 0.708. The van der Waals surface area contributed by atoms with Crippen molar-refractivity contribution in [2.75, 3.05) is 0 Å². The van der Waals surface area contributed by atoms with Gasteiger partial charge < -0.3 is 10.4 Å². The summed E-state index contributed by atoms with van der Waals surface area (Å²) in [5.41, 5.74) is 0. The van der Waals surface area contributed by atoms with E-state index in [2.05, 4.69) is 19.2 Å². The molecule has 1 amide bonds. The Morgan fingerprint density at radius 2 is 1.73 bits per heavy atom. The van der Waals surface area contributed by atoms with Crippen molar-refractivity contribution in [3.8, 4) is 0 Å². The number of aliphatic carboxylic acids is 1. The Morgan fingerprint density at radius 1 is 1.20 bits per heavy atom. The van der Waals surface area contributed by atoms with Gasteiger partial charge in [0.05, 0.1) is 0 Å². The van der Waals surface area contributed by atoms with E-state index in [4.69, 9.17) is 5.11 Å². The summed E-state index contributed by atoms with van der Waals surface area (Å²) in [6.07, 6.45) is 1.38. The number of carboxylic acids is 1. The zero-order chi connectivity index (χ0) is 12.0. The van der Waals surface area contributed by atoms with Crippen LogP contribution in [0.3, 0.4) is 0 Å². The Kier molecular flexibility index (Phi) is 5.97. The van der Waals surface area contributed by atoms with E-state index in [1.807, 2.05) is 6.92 Å². The minimum atomic E-state index is -1.00. The Bertz CT molecular complexity index is 226. The van der Waals surface area contributed by atoms with Crippen molar-refractivity contribution in [3.63, 3.8) is 0 Å². The first-order valence-electron chi connectivity index (χ1n) is 5.35. The lowest BCUT2D eigenvalue weighted by molar-refractivity contribution is -0.141. The van der Waals surface area contributed by atoms with E-state index < -0.39 is 12.0 Å². The van der Waals surface area contributed by atoms with Crippen LogP contribution < -0.4 is 5.32 Å². The number of rotatable bonds is 6. The summed E-state index contributed by atoms with van der Waals surface area (Å²) < 4.78 is 0. The molecule has 0 radical (unpaired) electrons. The molecular formula is C11H21NO3. The van der Waals surface area contributed by atoms with Crippen molar-refractivity contribution < 1.29 is 14.7 Å². The molecule has 2 atom stereocenters. The molecule has 0 bridgehead atoms. The van der Waals surface area contributed by atoms with Crippen LogP contribution in [0, 0.1) is 11.8 Å². The molecule has 4 heteroatoms. The maximum absolute atomic E-state index is 11.4. The molecule has 0 aromatic heterocycles. The second kappa shape index (κ2) is 6.43. The Labute approximate surface area is 91.1 Å². The molecule has 0 aliphatic heterocycles. The molecule has 88 valence electrons. The van der Waals surface area contributed by atoms with Crippen LogP contribution in [0.15, 0.2) is 0 Å². The molecule has 0 aromatic rings. The molecule has 0 heterocycles. The van der Waals surface area contributed by atoms with Crippen molar-refractivity contribution in [1.82, 2.24) is 5.32 Å². The monoisotopic (exact) mass is 215 g/mol. The lowest BCUT2D eigenvalue weighted by atomic mass is 9.96. The molecular weight excluding hydrogens is 194 g/mol. The van der Waals surface area contributed by atoms with E-state index in [9.17, 15) is 9.59 Å². The van der Waals surface area contributed by atoms with E-state index in [-0.39, 0.29) is 5.91 Å². The predicted molar refractivity (Wildman–Crippen MR) is 58.5 cm³/mol. The second-order valence-electron chi connectivity index (χ2n) is 4.57. The summed E-state index contributed by atoms with van der Waals surface area (Å²) in [5.74, 6) is -0.325. The Balaban J connectivity index is 3.88. The van der Waals surface area contributed by atoms with Crippen LogP contribution in [-0.4, -0.2) is 23.0 Å². The molecule has 0 aromatic carbocycles. The van der Waals surface area contributed by atoms with Crippen LogP contribution in [0.2, 0.25) is 0 Å². The summed E-state index contributed by atoms with van der Waals surface area (Å²) in [7, 11) is 0. The fourth-order valence-corrected chi connectivity index (χ4v) is 1.57. The molecule has 15 heavy (non-hydrogen) atoms. The molecule has 0 rings (SSSR count). The van der Waals surface area contributed by atoms with Gasteiger partial charge in [-0.3, -0.25) is 9.59 Å². The fourth-order valence-electron chi connectivity index (χ4n) is 1.57. The third-order valence-corrected chi connectivity index (χ3v) is 2.16. The largest absolute Gasteiger partial charge is 0.480 e. The number of hydrogen-bond donors (Lipinski definition) is 2. The topological polar surface area (TPSA) is 66.4 Å². The number of hydrogen-bond acceptors (Lipinski definition) is 2. The zero-order valence-electron chi connectivity index (χ0n) is 9.91. The van der Waals surface area contributed by atoms with Gasteiger partial charge in [0, 0.05) is 6.42 Å². The predicted octanol–water partition coefficient (Wildman–Crippen LogP) is 1.65. The molecule has 4 nitrogen and oxygen atoms in total. The third kappa shape index (κ3) is 6.94. The maximum Gasteiger partial charge on any atom is 0.325 e. The first kappa shape index (κ1) is 13.9. The van der Waals surface area contributed by atoms with Gasteiger partial charge in [0.1, 0.15) is 6.04 Å². The van der Waals surface area contributed by atoms with Gasteiger partial charge in [-0.05, 0) is 25.2 Å². The highest BCUT2D eigenvalue weighted by Crippen LogP contribution is 2.14. The van der Waals surface area contributed by atoms with Gasteiger partial charge in [0.25, 0.3) is 0 Å². The van der Waals surface area contributed by atoms with Gasteiger partial charge in [0.15, 0.2) is 0 Å². The van der Waals surface area contributed by atoms with E-state index in [1.165, 1.54) is 6.92 Å². The van der Waals surface area contributed by atoms with Crippen LogP contribution in [0.1, 0.15) is 40.5 Å². The number of carboxylic acid groups (broad SMARTS) is 1. The van der Waals surface area contributed by atoms with Crippen molar-refractivity contribution >= 4 is 11.9 Å².